The summed E-state index contributed by atoms with van der Waals surface area (Å²) < 4.78 is 8.39. The van der Waals surface area contributed by atoms with Gasteiger partial charge in [-0.25, -0.2) is 9.97 Å². The van der Waals surface area contributed by atoms with Crippen molar-refractivity contribution < 1.29 is 4.74 Å². The first-order valence-electron chi connectivity index (χ1n) is 12.4. The molecule has 4 aromatic rings. The van der Waals surface area contributed by atoms with Crippen molar-refractivity contribution in [2.24, 2.45) is 5.92 Å². The first kappa shape index (κ1) is 22.2. The molecule has 1 aliphatic heterocycles. The lowest BCUT2D eigenvalue weighted by molar-refractivity contribution is 0.173. The van der Waals surface area contributed by atoms with Crippen molar-refractivity contribution in [3.63, 3.8) is 0 Å². The fourth-order valence-corrected chi connectivity index (χ4v) is 5.09. The van der Waals surface area contributed by atoms with Crippen molar-refractivity contribution in [1.82, 2.24) is 19.4 Å². The summed E-state index contributed by atoms with van der Waals surface area (Å²) in [4.78, 5) is 11.2. The molecule has 1 fully saturated rings. The lowest BCUT2D eigenvalue weighted by atomic mass is 9.79. The highest BCUT2D eigenvalue weighted by Crippen LogP contribution is 2.43. The summed E-state index contributed by atoms with van der Waals surface area (Å²) >= 11 is 0. The third kappa shape index (κ3) is 4.50. The molecule has 0 atom stereocenters. The molecule has 36 heavy (non-hydrogen) atoms. The van der Waals surface area contributed by atoms with Gasteiger partial charge in [0, 0.05) is 36.7 Å². The van der Waals surface area contributed by atoms with Crippen LogP contribution in [0.15, 0.2) is 104 Å². The molecule has 0 spiro atoms. The van der Waals surface area contributed by atoms with Crippen LogP contribution in [0.4, 0.5) is 5.82 Å². The fraction of sp³-hybridized carbons (Fsp3) is 0.200. The largest absolute Gasteiger partial charge is 0.489 e. The standard InChI is InChI=1S/C30H29N5O/c31-29-28-27(24-11-8-12-26(17-24)36-20-22-9-4-3-5-10-22)19-35(30(28)33-21-32-29)25-15-23(16-25)18-34-13-6-1-2-7-14-34/h1-14,17,19,21,23,25H,15-16,18,20H2,(H2,31,32,33). The number of fused-ring (bicyclic) bond motifs is 1. The quantitative estimate of drug-likeness (QED) is 0.349. The van der Waals surface area contributed by atoms with Crippen LogP contribution in [0, 0.1) is 5.92 Å². The maximum atomic E-state index is 6.38. The number of benzene rings is 2. The van der Waals surface area contributed by atoms with Gasteiger partial charge in [0.15, 0.2) is 0 Å². The Bertz CT molecular complexity index is 1430. The van der Waals surface area contributed by atoms with Gasteiger partial charge < -0.3 is 19.9 Å². The van der Waals surface area contributed by atoms with E-state index in [4.69, 9.17) is 10.5 Å². The molecule has 6 nitrogen and oxygen atoms in total. The molecule has 1 saturated carbocycles. The van der Waals surface area contributed by atoms with Crippen molar-refractivity contribution in [1.29, 1.82) is 0 Å². The highest BCUT2D eigenvalue weighted by molar-refractivity contribution is 6.00. The average Bonchev–Trinajstić information content (AvgIpc) is 3.08. The number of rotatable bonds is 7. The van der Waals surface area contributed by atoms with Crippen LogP contribution in [0.3, 0.4) is 0 Å². The molecule has 2 aliphatic rings. The van der Waals surface area contributed by atoms with Crippen molar-refractivity contribution in [2.45, 2.75) is 25.5 Å². The average molecular weight is 476 g/mol. The first-order chi connectivity index (χ1) is 17.7. The van der Waals surface area contributed by atoms with E-state index in [-0.39, 0.29) is 0 Å². The van der Waals surface area contributed by atoms with E-state index in [1.807, 2.05) is 30.3 Å². The third-order valence-corrected chi connectivity index (χ3v) is 6.99. The fourth-order valence-electron chi connectivity index (χ4n) is 5.09. The minimum atomic E-state index is 0.399. The van der Waals surface area contributed by atoms with Gasteiger partial charge in [-0.05, 0) is 54.2 Å². The minimum absolute atomic E-state index is 0.399. The zero-order valence-electron chi connectivity index (χ0n) is 20.1. The number of hydrogen-bond acceptors (Lipinski definition) is 5. The second-order valence-electron chi connectivity index (χ2n) is 9.47. The SMILES string of the molecule is Nc1ncnc2c1c(-c1cccc(OCc3ccccc3)c1)cn2C1CC(CN2C=CC=CC=C2)C1. The molecule has 6 rings (SSSR count). The van der Waals surface area contributed by atoms with Crippen LogP contribution < -0.4 is 10.5 Å². The van der Waals surface area contributed by atoms with E-state index in [0.29, 0.717) is 24.4 Å². The van der Waals surface area contributed by atoms with Crippen molar-refractivity contribution in [2.75, 3.05) is 12.3 Å². The molecule has 0 bridgehead atoms. The van der Waals surface area contributed by atoms with Gasteiger partial charge in [-0.1, -0.05) is 54.6 Å². The molecule has 2 aromatic carbocycles. The Labute approximate surface area is 211 Å². The van der Waals surface area contributed by atoms with Crippen LogP contribution >= 0.6 is 0 Å². The Balaban J connectivity index is 1.24. The molecule has 0 radical (unpaired) electrons. The molecule has 2 aromatic heterocycles. The predicted octanol–water partition coefficient (Wildman–Crippen LogP) is 6.11. The first-order valence-corrected chi connectivity index (χ1v) is 12.4. The Morgan fingerprint density at radius 3 is 2.53 bits per heavy atom. The molecular formula is C30H29N5O. The number of allylic oxidation sites excluding steroid dienone is 4. The van der Waals surface area contributed by atoms with Gasteiger partial charge in [-0.3, -0.25) is 0 Å². The van der Waals surface area contributed by atoms with Crippen molar-refractivity contribution in [3.8, 4) is 16.9 Å². The lowest BCUT2D eigenvalue weighted by Crippen LogP contribution is -2.33. The van der Waals surface area contributed by atoms with E-state index in [1.54, 1.807) is 6.33 Å². The summed E-state index contributed by atoms with van der Waals surface area (Å²) in [7, 11) is 0. The van der Waals surface area contributed by atoms with Gasteiger partial charge in [0.25, 0.3) is 0 Å². The molecule has 3 heterocycles. The van der Waals surface area contributed by atoms with E-state index < -0.39 is 0 Å². The molecule has 180 valence electrons. The second-order valence-corrected chi connectivity index (χ2v) is 9.47. The van der Waals surface area contributed by atoms with E-state index in [2.05, 4.69) is 86.6 Å². The summed E-state index contributed by atoms with van der Waals surface area (Å²) in [5.74, 6) is 1.97. The molecular weight excluding hydrogens is 446 g/mol. The summed E-state index contributed by atoms with van der Waals surface area (Å²) in [5, 5.41) is 0.908. The zero-order chi connectivity index (χ0) is 24.3. The molecule has 0 saturated heterocycles. The van der Waals surface area contributed by atoms with E-state index in [0.717, 1.165) is 52.9 Å². The van der Waals surface area contributed by atoms with Gasteiger partial charge in [-0.15, -0.1) is 0 Å². The summed E-state index contributed by atoms with van der Waals surface area (Å²) in [6.07, 6.45) is 18.5. The number of ether oxygens (including phenoxy) is 1. The number of anilines is 1. The Kier molecular flexibility index (Phi) is 6.00. The van der Waals surface area contributed by atoms with Crippen molar-refractivity contribution in [3.05, 3.63) is 109 Å². The van der Waals surface area contributed by atoms with Crippen LogP contribution in [-0.2, 0) is 6.61 Å². The number of nitrogens with two attached hydrogens (primary N) is 1. The molecule has 1 aliphatic carbocycles. The van der Waals surface area contributed by atoms with Gasteiger partial charge in [-0.2, -0.15) is 0 Å². The lowest BCUT2D eigenvalue weighted by Gasteiger charge is -2.38. The second kappa shape index (κ2) is 9.74. The van der Waals surface area contributed by atoms with E-state index >= 15 is 0 Å². The summed E-state index contributed by atoms with van der Waals surface area (Å²) in [6.45, 7) is 1.55. The van der Waals surface area contributed by atoms with E-state index in [1.165, 1.54) is 0 Å². The minimum Gasteiger partial charge on any atom is -0.489 e. The Morgan fingerprint density at radius 1 is 0.917 bits per heavy atom. The maximum Gasteiger partial charge on any atom is 0.146 e. The number of nitrogen functional groups attached to an aromatic ring is 1. The predicted molar refractivity (Wildman–Crippen MR) is 144 cm³/mol. The van der Waals surface area contributed by atoms with E-state index in [9.17, 15) is 0 Å². The molecule has 0 amide bonds. The summed E-state index contributed by atoms with van der Waals surface area (Å²) in [6, 6.07) is 18.8. The maximum absolute atomic E-state index is 6.38. The zero-order valence-corrected chi connectivity index (χ0v) is 20.1. The molecule has 0 unspecified atom stereocenters. The van der Waals surface area contributed by atoms with Crippen LogP contribution in [0.2, 0.25) is 0 Å². The van der Waals surface area contributed by atoms with Gasteiger partial charge in [0.05, 0.1) is 5.39 Å². The Hall–Kier alpha value is -4.32. The number of aromatic nitrogens is 3. The summed E-state index contributed by atoms with van der Waals surface area (Å²) in [5.41, 5.74) is 10.5. The smallest absolute Gasteiger partial charge is 0.146 e. The Morgan fingerprint density at radius 2 is 1.72 bits per heavy atom. The van der Waals surface area contributed by atoms with Crippen LogP contribution in [0.5, 0.6) is 5.75 Å². The topological polar surface area (TPSA) is 69.2 Å². The normalized spacial score (nSPS) is 18.8. The number of hydrogen-bond donors (Lipinski definition) is 1. The molecule has 6 heteroatoms. The third-order valence-electron chi connectivity index (χ3n) is 6.99. The van der Waals surface area contributed by atoms with Crippen molar-refractivity contribution >= 4 is 16.9 Å². The van der Waals surface area contributed by atoms with Gasteiger partial charge >= 0.3 is 0 Å². The van der Waals surface area contributed by atoms with Crippen LogP contribution in [0.25, 0.3) is 22.2 Å². The van der Waals surface area contributed by atoms with Crippen LogP contribution in [-0.4, -0.2) is 26.0 Å². The number of nitrogens with zero attached hydrogens (tertiary/aromatic N) is 4. The highest BCUT2D eigenvalue weighted by atomic mass is 16.5. The monoisotopic (exact) mass is 475 g/mol. The molecule has 2 N–H and O–H groups in total. The van der Waals surface area contributed by atoms with Gasteiger partial charge in [0.2, 0.25) is 0 Å². The van der Waals surface area contributed by atoms with Gasteiger partial charge in [0.1, 0.15) is 30.1 Å². The van der Waals surface area contributed by atoms with Crippen LogP contribution in [0.1, 0.15) is 24.4 Å². The highest BCUT2D eigenvalue weighted by Gasteiger charge is 2.33.